The highest BCUT2D eigenvalue weighted by molar-refractivity contribution is 5.83. The van der Waals surface area contributed by atoms with Gasteiger partial charge in [0.2, 0.25) is 0 Å². The lowest BCUT2D eigenvalue weighted by molar-refractivity contribution is 0.148. The number of imidazole rings is 1. The number of fused-ring (bicyclic) bond motifs is 1. The number of hydrogen-bond acceptors (Lipinski definition) is 3. The number of aromatic nitrogens is 2. The third kappa shape index (κ3) is 3.99. The first-order chi connectivity index (χ1) is 14.5. The largest absolute Gasteiger partial charge is 0.449 e. The molecule has 4 nitrogen and oxygen atoms in total. The van der Waals surface area contributed by atoms with Gasteiger partial charge in [0.25, 0.3) is 0 Å². The van der Waals surface area contributed by atoms with Crippen molar-refractivity contribution < 1.29 is 9.53 Å². The molecule has 4 rings (SSSR count). The Morgan fingerprint density at radius 3 is 2.67 bits per heavy atom. The van der Waals surface area contributed by atoms with Gasteiger partial charge in [0.1, 0.15) is 5.82 Å². The molecule has 0 aliphatic carbocycles. The van der Waals surface area contributed by atoms with Crippen molar-refractivity contribution in [1.82, 2.24) is 9.55 Å². The van der Waals surface area contributed by atoms with Gasteiger partial charge in [0.15, 0.2) is 0 Å². The van der Waals surface area contributed by atoms with Gasteiger partial charge in [0, 0.05) is 24.7 Å². The molecule has 0 N–H and O–H groups in total. The summed E-state index contributed by atoms with van der Waals surface area (Å²) in [6, 6.07) is 20.8. The summed E-state index contributed by atoms with van der Waals surface area (Å²) in [6.45, 7) is 6.60. The van der Waals surface area contributed by atoms with E-state index in [0.717, 1.165) is 5.56 Å². The van der Waals surface area contributed by atoms with Crippen molar-refractivity contribution in [3.63, 3.8) is 0 Å². The Balaban J connectivity index is 1.44. The van der Waals surface area contributed by atoms with Crippen LogP contribution in [0.15, 0.2) is 73.1 Å². The Kier molecular flexibility index (Phi) is 5.66. The highest BCUT2D eigenvalue weighted by Crippen LogP contribution is 2.27. The fourth-order valence-corrected chi connectivity index (χ4v) is 3.89. The second-order valence-electron chi connectivity index (χ2n) is 7.71. The molecule has 0 fully saturated rings. The fourth-order valence-electron chi connectivity index (χ4n) is 3.89. The van der Waals surface area contributed by atoms with Crippen LogP contribution < -0.4 is 0 Å². The lowest BCUT2D eigenvalue weighted by Crippen LogP contribution is -2.19. The van der Waals surface area contributed by atoms with Crippen LogP contribution in [0, 0.1) is 13.8 Å². The van der Waals surface area contributed by atoms with Crippen LogP contribution in [-0.2, 0) is 11.2 Å². The van der Waals surface area contributed by atoms with Crippen LogP contribution in [0.2, 0.25) is 0 Å². The summed E-state index contributed by atoms with van der Waals surface area (Å²) in [6.07, 6.45) is 3.62. The summed E-state index contributed by atoms with van der Waals surface area (Å²) in [5, 5.41) is 2.40. The molecular formula is C26H26N2O2. The van der Waals surface area contributed by atoms with E-state index in [1.54, 1.807) is 12.4 Å². The predicted molar refractivity (Wildman–Crippen MR) is 120 cm³/mol. The lowest BCUT2D eigenvalue weighted by atomic mass is 9.93. The molecule has 1 atom stereocenters. The SMILES string of the molecule is Cc1cccc([C@H](C)c2nccn2C(=O)OCCc2ccc3ccccc3c2)c1C. The Morgan fingerprint density at radius 1 is 1.03 bits per heavy atom. The monoisotopic (exact) mass is 398 g/mol. The molecule has 4 heteroatoms. The lowest BCUT2D eigenvalue weighted by Gasteiger charge is -2.17. The number of hydrogen-bond donors (Lipinski definition) is 0. The van der Waals surface area contributed by atoms with Crippen molar-refractivity contribution in [3.8, 4) is 0 Å². The molecule has 0 aliphatic heterocycles. The number of carbonyl (C=O) groups is 1. The molecule has 3 aromatic carbocycles. The average Bonchev–Trinajstić information content (AvgIpc) is 3.25. The van der Waals surface area contributed by atoms with Gasteiger partial charge in [-0.1, -0.05) is 67.6 Å². The van der Waals surface area contributed by atoms with E-state index < -0.39 is 0 Å². The quantitative estimate of drug-likeness (QED) is 0.412. The Hall–Kier alpha value is -3.40. The van der Waals surface area contributed by atoms with Crippen molar-refractivity contribution in [2.75, 3.05) is 6.61 Å². The molecule has 1 heterocycles. The second-order valence-corrected chi connectivity index (χ2v) is 7.71. The van der Waals surface area contributed by atoms with E-state index >= 15 is 0 Å². The molecule has 0 saturated carbocycles. The van der Waals surface area contributed by atoms with E-state index in [9.17, 15) is 4.79 Å². The smallest absolute Gasteiger partial charge is 0.419 e. The zero-order valence-electron chi connectivity index (χ0n) is 17.6. The zero-order valence-corrected chi connectivity index (χ0v) is 17.6. The van der Waals surface area contributed by atoms with Gasteiger partial charge in [-0.25, -0.2) is 14.3 Å². The van der Waals surface area contributed by atoms with Crippen LogP contribution in [-0.4, -0.2) is 22.3 Å². The van der Waals surface area contributed by atoms with Gasteiger partial charge in [-0.05, 0) is 46.9 Å². The van der Waals surface area contributed by atoms with Crippen LogP contribution in [0.4, 0.5) is 4.79 Å². The molecule has 0 aliphatic rings. The Bertz CT molecular complexity index is 1190. The van der Waals surface area contributed by atoms with Crippen molar-refractivity contribution in [3.05, 3.63) is 101 Å². The first-order valence-electron chi connectivity index (χ1n) is 10.3. The molecule has 0 amide bonds. The number of ether oxygens (including phenoxy) is 1. The van der Waals surface area contributed by atoms with E-state index in [1.165, 1.54) is 32.0 Å². The first-order valence-corrected chi connectivity index (χ1v) is 10.3. The number of carbonyl (C=O) groups excluding carboxylic acids is 1. The third-order valence-electron chi connectivity index (χ3n) is 5.80. The van der Waals surface area contributed by atoms with Crippen molar-refractivity contribution in [1.29, 1.82) is 0 Å². The molecule has 4 aromatic rings. The van der Waals surface area contributed by atoms with Crippen LogP contribution >= 0.6 is 0 Å². The van der Waals surface area contributed by atoms with Crippen molar-refractivity contribution in [2.24, 2.45) is 0 Å². The van der Waals surface area contributed by atoms with Gasteiger partial charge in [-0.2, -0.15) is 0 Å². The standard InChI is InChI=1S/C26H26N2O2/c1-18-7-6-10-24(19(18)2)20(3)25-27-14-15-28(25)26(29)30-16-13-21-11-12-22-8-4-5-9-23(22)17-21/h4-12,14-15,17,20H,13,16H2,1-3H3/t20-/m0/s1. The molecule has 152 valence electrons. The minimum atomic E-state index is -0.388. The van der Waals surface area contributed by atoms with Crippen LogP contribution in [0.5, 0.6) is 0 Å². The van der Waals surface area contributed by atoms with Crippen molar-refractivity contribution >= 4 is 16.9 Å². The molecule has 30 heavy (non-hydrogen) atoms. The molecule has 0 unspecified atom stereocenters. The summed E-state index contributed by atoms with van der Waals surface area (Å²) in [7, 11) is 0. The Labute approximate surface area is 177 Å². The highest BCUT2D eigenvalue weighted by Gasteiger charge is 2.20. The topological polar surface area (TPSA) is 44.1 Å². The van der Waals surface area contributed by atoms with E-state index in [4.69, 9.17) is 4.74 Å². The molecule has 1 aromatic heterocycles. The summed E-state index contributed by atoms with van der Waals surface area (Å²) >= 11 is 0. The highest BCUT2D eigenvalue weighted by atomic mass is 16.5. The number of benzene rings is 3. The van der Waals surface area contributed by atoms with E-state index in [2.05, 4.69) is 68.2 Å². The van der Waals surface area contributed by atoms with Gasteiger partial charge in [-0.15, -0.1) is 0 Å². The number of nitrogens with zero attached hydrogens (tertiary/aromatic N) is 2. The van der Waals surface area contributed by atoms with Crippen LogP contribution in [0.25, 0.3) is 10.8 Å². The van der Waals surface area contributed by atoms with Crippen molar-refractivity contribution in [2.45, 2.75) is 33.1 Å². The van der Waals surface area contributed by atoms with Gasteiger partial charge >= 0.3 is 6.09 Å². The zero-order chi connectivity index (χ0) is 21.1. The third-order valence-corrected chi connectivity index (χ3v) is 5.80. The molecule has 0 bridgehead atoms. The minimum Gasteiger partial charge on any atom is -0.449 e. The van der Waals surface area contributed by atoms with E-state index in [-0.39, 0.29) is 12.0 Å². The average molecular weight is 399 g/mol. The maximum atomic E-state index is 12.7. The maximum absolute atomic E-state index is 12.7. The summed E-state index contributed by atoms with van der Waals surface area (Å²) in [5.74, 6) is 0.687. The van der Waals surface area contributed by atoms with Gasteiger partial charge in [-0.3, -0.25) is 0 Å². The molecular weight excluding hydrogens is 372 g/mol. The second kappa shape index (κ2) is 8.54. The van der Waals surface area contributed by atoms with E-state index in [1.807, 2.05) is 18.2 Å². The first kappa shape index (κ1) is 19.9. The predicted octanol–water partition coefficient (Wildman–Crippen LogP) is 6.03. The summed E-state index contributed by atoms with van der Waals surface area (Å²) < 4.78 is 7.09. The Morgan fingerprint density at radius 2 is 1.83 bits per heavy atom. The normalized spacial score (nSPS) is 12.1. The van der Waals surface area contributed by atoms with E-state index in [0.29, 0.717) is 18.9 Å². The minimum absolute atomic E-state index is 0.00654. The molecule has 0 saturated heterocycles. The maximum Gasteiger partial charge on any atom is 0.419 e. The van der Waals surface area contributed by atoms with Gasteiger partial charge in [0.05, 0.1) is 6.61 Å². The number of rotatable bonds is 5. The summed E-state index contributed by atoms with van der Waals surface area (Å²) in [4.78, 5) is 17.2. The van der Waals surface area contributed by atoms with Crippen LogP contribution in [0.3, 0.4) is 0 Å². The van der Waals surface area contributed by atoms with Gasteiger partial charge < -0.3 is 4.74 Å². The molecule has 0 spiro atoms. The number of aryl methyl sites for hydroxylation is 1. The van der Waals surface area contributed by atoms with Crippen LogP contribution in [0.1, 0.15) is 40.9 Å². The molecule has 0 radical (unpaired) electrons. The summed E-state index contributed by atoms with van der Waals surface area (Å²) in [5.41, 5.74) is 4.78. The fraction of sp³-hybridized carbons (Fsp3) is 0.231.